The number of rotatable bonds is 8. The Balaban J connectivity index is 1.79. The molecule has 186 valence electrons. The van der Waals surface area contributed by atoms with Crippen molar-refractivity contribution in [3.63, 3.8) is 0 Å². The molecule has 1 aromatic heterocycles. The lowest BCUT2D eigenvalue weighted by Gasteiger charge is -2.38. The Morgan fingerprint density at radius 2 is 2.00 bits per heavy atom. The van der Waals surface area contributed by atoms with Crippen molar-refractivity contribution in [3.05, 3.63) is 46.2 Å². The number of nitrogens with one attached hydrogen (secondary N) is 1. The first-order valence-electron chi connectivity index (χ1n) is 11.8. The maximum atomic E-state index is 13.6. The quantitative estimate of drug-likeness (QED) is 0.577. The first-order chi connectivity index (χ1) is 16.1. The Morgan fingerprint density at radius 3 is 2.68 bits per heavy atom. The van der Waals surface area contributed by atoms with E-state index in [0.29, 0.717) is 18.9 Å². The Bertz CT molecular complexity index is 984. The van der Waals surface area contributed by atoms with E-state index in [1.807, 2.05) is 63.8 Å². The fourth-order valence-corrected chi connectivity index (χ4v) is 4.95. The average Bonchev–Trinajstić information content (AvgIpc) is 3.28. The summed E-state index contributed by atoms with van der Waals surface area (Å²) in [5.41, 5.74) is 0.747. The predicted octanol–water partition coefficient (Wildman–Crippen LogP) is 4.87. The Labute approximate surface area is 207 Å². The molecular weight excluding hydrogens is 450 g/mol. The van der Waals surface area contributed by atoms with Crippen LogP contribution in [0.3, 0.4) is 0 Å². The minimum atomic E-state index is -0.379. The molecule has 3 amide bonds. The first-order valence-corrected chi connectivity index (χ1v) is 12.7. The summed E-state index contributed by atoms with van der Waals surface area (Å²) in [5.74, 6) is 1.35. The van der Waals surface area contributed by atoms with E-state index in [0.717, 1.165) is 24.2 Å². The topological polar surface area (TPSA) is 71.1 Å². The van der Waals surface area contributed by atoms with Crippen LogP contribution in [0.1, 0.15) is 57.5 Å². The minimum absolute atomic E-state index is 0.0338. The van der Waals surface area contributed by atoms with Crippen LogP contribution >= 0.6 is 11.3 Å². The molecule has 0 radical (unpaired) electrons. The molecule has 0 aliphatic carbocycles. The summed E-state index contributed by atoms with van der Waals surface area (Å²) in [6.07, 6.45) is 1.58. The highest BCUT2D eigenvalue weighted by Crippen LogP contribution is 2.34. The van der Waals surface area contributed by atoms with Crippen molar-refractivity contribution in [1.82, 2.24) is 15.1 Å². The van der Waals surface area contributed by atoms with E-state index in [2.05, 4.69) is 16.8 Å². The van der Waals surface area contributed by atoms with Crippen molar-refractivity contribution in [1.29, 1.82) is 0 Å². The Morgan fingerprint density at radius 1 is 1.26 bits per heavy atom. The number of ether oxygens (including phenoxy) is 2. The van der Waals surface area contributed by atoms with Gasteiger partial charge in [-0.25, -0.2) is 4.79 Å². The van der Waals surface area contributed by atoms with E-state index in [-0.39, 0.29) is 36.1 Å². The van der Waals surface area contributed by atoms with Gasteiger partial charge >= 0.3 is 6.03 Å². The highest BCUT2D eigenvalue weighted by molar-refractivity contribution is 7.10. The molecule has 1 aliphatic rings. The number of hydrogen-bond donors (Lipinski definition) is 1. The number of amides is 3. The molecule has 34 heavy (non-hydrogen) atoms. The van der Waals surface area contributed by atoms with Crippen molar-refractivity contribution in [2.45, 2.75) is 65.1 Å². The maximum absolute atomic E-state index is 13.6. The van der Waals surface area contributed by atoms with Crippen LogP contribution in [-0.2, 0) is 11.2 Å². The molecule has 3 rings (SSSR count). The Kier molecular flexibility index (Phi) is 8.47. The third kappa shape index (κ3) is 6.44. The number of carbonyl (C=O) groups is 2. The number of benzene rings is 1. The van der Waals surface area contributed by atoms with Gasteiger partial charge in [-0.2, -0.15) is 0 Å². The largest absolute Gasteiger partial charge is 0.497 e. The molecule has 0 bridgehead atoms. The van der Waals surface area contributed by atoms with Gasteiger partial charge in [-0.05, 0) is 69.7 Å². The summed E-state index contributed by atoms with van der Waals surface area (Å²) < 4.78 is 11.4. The number of thiophene rings is 1. The van der Waals surface area contributed by atoms with Gasteiger partial charge in [0.2, 0.25) is 5.91 Å². The second-order valence-corrected chi connectivity index (χ2v) is 10.7. The van der Waals surface area contributed by atoms with Gasteiger partial charge in [0, 0.05) is 29.1 Å². The molecule has 2 heterocycles. The molecule has 1 aliphatic heterocycles. The van der Waals surface area contributed by atoms with E-state index in [1.54, 1.807) is 23.3 Å². The summed E-state index contributed by atoms with van der Waals surface area (Å²) in [5, 5.41) is 5.07. The van der Waals surface area contributed by atoms with Gasteiger partial charge < -0.3 is 24.6 Å². The van der Waals surface area contributed by atoms with Crippen molar-refractivity contribution >= 4 is 23.3 Å². The van der Waals surface area contributed by atoms with E-state index in [9.17, 15) is 9.59 Å². The monoisotopic (exact) mass is 487 g/mol. The van der Waals surface area contributed by atoms with Gasteiger partial charge in [-0.1, -0.05) is 13.0 Å². The van der Waals surface area contributed by atoms with Crippen LogP contribution < -0.4 is 14.8 Å². The fourth-order valence-electron chi connectivity index (χ4n) is 4.02. The van der Waals surface area contributed by atoms with Gasteiger partial charge in [0.15, 0.2) is 0 Å². The number of methoxy groups -OCH3 is 1. The number of urea groups is 1. The average molecular weight is 488 g/mol. The van der Waals surface area contributed by atoms with Crippen molar-refractivity contribution in [3.8, 4) is 11.5 Å². The predicted molar refractivity (Wildman–Crippen MR) is 136 cm³/mol. The summed E-state index contributed by atoms with van der Waals surface area (Å²) >= 11 is 1.72. The Hall–Kier alpha value is -2.74. The zero-order valence-corrected chi connectivity index (χ0v) is 21.9. The number of hydrogen-bond acceptors (Lipinski definition) is 5. The van der Waals surface area contributed by atoms with Crippen molar-refractivity contribution in [2.75, 3.05) is 26.8 Å². The van der Waals surface area contributed by atoms with E-state index in [4.69, 9.17) is 9.47 Å². The lowest BCUT2D eigenvalue weighted by molar-refractivity contribution is -0.136. The zero-order valence-electron chi connectivity index (χ0n) is 21.1. The molecule has 0 saturated heterocycles. The SMILES string of the molecule is CC[C@H](C)N(CC(=O)N1CCc2sccc2[C@@H]1COc1cccc(OC)c1)C(=O)NC(C)(C)C. The van der Waals surface area contributed by atoms with E-state index in [1.165, 1.54) is 4.88 Å². The molecule has 0 fully saturated rings. The highest BCUT2D eigenvalue weighted by Gasteiger charge is 2.34. The van der Waals surface area contributed by atoms with Crippen LogP contribution in [0.2, 0.25) is 0 Å². The van der Waals surface area contributed by atoms with Gasteiger partial charge in [0.1, 0.15) is 24.7 Å². The molecular formula is C26H37N3O4S. The number of carbonyl (C=O) groups excluding carboxylic acids is 2. The van der Waals surface area contributed by atoms with Gasteiger partial charge in [0.25, 0.3) is 0 Å². The summed E-state index contributed by atoms with van der Waals surface area (Å²) in [4.78, 5) is 31.4. The van der Waals surface area contributed by atoms with Crippen LogP contribution in [0.5, 0.6) is 11.5 Å². The summed E-state index contributed by atoms with van der Waals surface area (Å²) in [6.45, 7) is 10.8. The van der Waals surface area contributed by atoms with Crippen LogP contribution in [-0.4, -0.2) is 60.1 Å². The maximum Gasteiger partial charge on any atom is 0.318 e. The second-order valence-electron chi connectivity index (χ2n) is 9.71. The summed E-state index contributed by atoms with van der Waals surface area (Å²) in [7, 11) is 1.62. The minimum Gasteiger partial charge on any atom is -0.497 e. The molecule has 0 unspecified atom stereocenters. The molecule has 0 spiro atoms. The van der Waals surface area contributed by atoms with Gasteiger partial charge in [0.05, 0.1) is 13.2 Å². The van der Waals surface area contributed by atoms with Crippen LogP contribution in [0.25, 0.3) is 0 Å². The third-order valence-electron chi connectivity index (χ3n) is 6.04. The number of fused-ring (bicyclic) bond motifs is 1. The lowest BCUT2D eigenvalue weighted by atomic mass is 10.00. The molecule has 2 aromatic rings. The molecule has 8 heteroatoms. The van der Waals surface area contributed by atoms with Crippen LogP contribution in [0.15, 0.2) is 35.7 Å². The van der Waals surface area contributed by atoms with Crippen molar-refractivity contribution < 1.29 is 19.1 Å². The van der Waals surface area contributed by atoms with E-state index < -0.39 is 0 Å². The smallest absolute Gasteiger partial charge is 0.318 e. The highest BCUT2D eigenvalue weighted by atomic mass is 32.1. The van der Waals surface area contributed by atoms with Gasteiger partial charge in [-0.15, -0.1) is 11.3 Å². The van der Waals surface area contributed by atoms with Crippen LogP contribution in [0, 0.1) is 0 Å². The molecule has 1 N–H and O–H groups in total. The molecule has 2 atom stereocenters. The van der Waals surface area contributed by atoms with Crippen molar-refractivity contribution in [2.24, 2.45) is 0 Å². The zero-order chi connectivity index (χ0) is 24.9. The van der Waals surface area contributed by atoms with Gasteiger partial charge in [-0.3, -0.25) is 4.79 Å². The molecule has 0 saturated carbocycles. The lowest BCUT2D eigenvalue weighted by Crippen LogP contribution is -2.55. The summed E-state index contributed by atoms with van der Waals surface area (Å²) in [6, 6.07) is 9.07. The van der Waals surface area contributed by atoms with E-state index >= 15 is 0 Å². The normalized spacial score (nSPS) is 16.4. The second kappa shape index (κ2) is 11.1. The fraction of sp³-hybridized carbons (Fsp3) is 0.538. The van der Waals surface area contributed by atoms with Crippen LogP contribution in [0.4, 0.5) is 4.79 Å². The molecule has 1 aromatic carbocycles. The molecule has 7 nitrogen and oxygen atoms in total. The number of nitrogens with zero attached hydrogens (tertiary/aromatic N) is 2. The first kappa shape index (κ1) is 25.9. The standard InChI is InChI=1S/C26H37N3O4S/c1-7-18(2)29(25(31)27-26(3,4)5)16-24(30)28-13-11-23-21(12-14-34-23)22(28)17-33-20-10-8-9-19(15-20)32-6/h8-10,12,14-15,18,22H,7,11,13,16-17H2,1-6H3,(H,27,31)/t18-,22-/m0/s1. The third-order valence-corrected chi connectivity index (χ3v) is 7.03.